The molecule has 0 fully saturated rings. The fourth-order valence-corrected chi connectivity index (χ4v) is 2.28. The maximum Gasteiger partial charge on any atom is 0.251 e. The first-order valence-electron chi connectivity index (χ1n) is 7.30. The minimum Gasteiger partial charge on any atom is -0.346 e. The van der Waals surface area contributed by atoms with Crippen LogP contribution in [-0.4, -0.2) is 20.9 Å². The molecule has 23 heavy (non-hydrogen) atoms. The molecule has 5 heteroatoms. The van der Waals surface area contributed by atoms with Crippen molar-refractivity contribution in [1.82, 2.24) is 20.3 Å². The van der Waals surface area contributed by atoms with Crippen molar-refractivity contribution in [2.24, 2.45) is 0 Å². The summed E-state index contributed by atoms with van der Waals surface area (Å²) in [7, 11) is 0. The van der Waals surface area contributed by atoms with Crippen LogP contribution in [-0.2, 0) is 0 Å². The van der Waals surface area contributed by atoms with E-state index in [9.17, 15) is 4.79 Å². The minimum absolute atomic E-state index is 0.0864. The first kappa shape index (κ1) is 14.8. The SMILES string of the molecule is CC(NC(=O)c1ccncc1)c1ccc(-c2cncnc2)cc1. The van der Waals surface area contributed by atoms with Crippen molar-refractivity contribution in [3.8, 4) is 11.1 Å². The number of hydrogen-bond acceptors (Lipinski definition) is 4. The van der Waals surface area contributed by atoms with Gasteiger partial charge in [-0.3, -0.25) is 9.78 Å². The van der Waals surface area contributed by atoms with Crippen molar-refractivity contribution in [3.05, 3.63) is 78.6 Å². The lowest BCUT2D eigenvalue weighted by Gasteiger charge is -2.15. The highest BCUT2D eigenvalue weighted by molar-refractivity contribution is 5.94. The predicted octanol–water partition coefficient (Wildman–Crippen LogP) is 3.03. The normalized spacial score (nSPS) is 11.7. The van der Waals surface area contributed by atoms with E-state index in [1.807, 2.05) is 31.2 Å². The smallest absolute Gasteiger partial charge is 0.251 e. The van der Waals surface area contributed by atoms with E-state index in [1.54, 1.807) is 36.9 Å². The zero-order chi connectivity index (χ0) is 16.1. The second-order valence-corrected chi connectivity index (χ2v) is 5.18. The van der Waals surface area contributed by atoms with Crippen LogP contribution in [0.25, 0.3) is 11.1 Å². The molecule has 0 aliphatic carbocycles. The first-order chi connectivity index (χ1) is 11.2. The number of nitrogens with zero attached hydrogens (tertiary/aromatic N) is 3. The Morgan fingerprint density at radius 1 is 0.913 bits per heavy atom. The van der Waals surface area contributed by atoms with Crippen LogP contribution in [0.3, 0.4) is 0 Å². The predicted molar refractivity (Wildman–Crippen MR) is 87.6 cm³/mol. The van der Waals surface area contributed by atoms with Gasteiger partial charge < -0.3 is 5.32 Å². The van der Waals surface area contributed by atoms with Gasteiger partial charge in [0, 0.05) is 35.9 Å². The molecule has 3 rings (SSSR count). The number of hydrogen-bond donors (Lipinski definition) is 1. The second kappa shape index (κ2) is 6.79. The number of rotatable bonds is 4. The monoisotopic (exact) mass is 304 g/mol. The Morgan fingerprint density at radius 2 is 1.57 bits per heavy atom. The third-order valence-corrected chi connectivity index (χ3v) is 3.59. The van der Waals surface area contributed by atoms with Crippen molar-refractivity contribution < 1.29 is 4.79 Å². The van der Waals surface area contributed by atoms with Crippen LogP contribution in [0.5, 0.6) is 0 Å². The molecule has 2 heterocycles. The quantitative estimate of drug-likeness (QED) is 0.804. The molecule has 5 nitrogen and oxygen atoms in total. The van der Waals surface area contributed by atoms with E-state index >= 15 is 0 Å². The third kappa shape index (κ3) is 3.58. The summed E-state index contributed by atoms with van der Waals surface area (Å²) >= 11 is 0. The minimum atomic E-state index is -0.111. The van der Waals surface area contributed by atoms with E-state index in [0.29, 0.717) is 5.56 Å². The van der Waals surface area contributed by atoms with Crippen molar-refractivity contribution in [2.45, 2.75) is 13.0 Å². The van der Waals surface area contributed by atoms with Crippen LogP contribution < -0.4 is 5.32 Å². The van der Waals surface area contributed by atoms with Crippen LogP contribution in [0.4, 0.5) is 0 Å². The summed E-state index contributed by atoms with van der Waals surface area (Å²) < 4.78 is 0. The highest BCUT2D eigenvalue weighted by Crippen LogP contribution is 2.20. The van der Waals surface area contributed by atoms with Crippen LogP contribution in [0, 0.1) is 0 Å². The maximum absolute atomic E-state index is 12.2. The summed E-state index contributed by atoms with van der Waals surface area (Å²) in [6.45, 7) is 1.96. The molecule has 0 aliphatic rings. The molecule has 0 saturated heterocycles. The number of carbonyl (C=O) groups is 1. The fraction of sp³-hybridized carbons (Fsp3) is 0.111. The van der Waals surface area contributed by atoms with Gasteiger partial charge in [0.15, 0.2) is 0 Å². The van der Waals surface area contributed by atoms with Gasteiger partial charge in [-0.1, -0.05) is 24.3 Å². The highest BCUT2D eigenvalue weighted by Gasteiger charge is 2.11. The van der Waals surface area contributed by atoms with E-state index in [1.165, 1.54) is 6.33 Å². The van der Waals surface area contributed by atoms with Gasteiger partial charge in [0.05, 0.1) is 6.04 Å². The van der Waals surface area contributed by atoms with Crippen molar-refractivity contribution in [3.63, 3.8) is 0 Å². The van der Waals surface area contributed by atoms with Gasteiger partial charge in [-0.2, -0.15) is 0 Å². The lowest BCUT2D eigenvalue weighted by Crippen LogP contribution is -2.26. The van der Waals surface area contributed by atoms with Crippen molar-refractivity contribution in [2.75, 3.05) is 0 Å². The number of benzene rings is 1. The second-order valence-electron chi connectivity index (χ2n) is 5.18. The summed E-state index contributed by atoms with van der Waals surface area (Å²) in [5, 5.41) is 2.98. The van der Waals surface area contributed by atoms with Gasteiger partial charge in [0.1, 0.15) is 6.33 Å². The molecule has 1 atom stereocenters. The summed E-state index contributed by atoms with van der Waals surface area (Å²) in [5.74, 6) is -0.111. The Hall–Kier alpha value is -3.08. The summed E-state index contributed by atoms with van der Waals surface area (Å²) in [5.41, 5.74) is 3.65. The third-order valence-electron chi connectivity index (χ3n) is 3.59. The van der Waals surface area contributed by atoms with Crippen LogP contribution in [0.2, 0.25) is 0 Å². The molecule has 1 aromatic carbocycles. The van der Waals surface area contributed by atoms with Gasteiger partial charge in [-0.05, 0) is 30.2 Å². The van der Waals surface area contributed by atoms with Gasteiger partial charge in [-0.15, -0.1) is 0 Å². The number of aromatic nitrogens is 3. The fourth-order valence-electron chi connectivity index (χ4n) is 2.28. The molecule has 3 aromatic rings. The molecule has 114 valence electrons. The Balaban J connectivity index is 1.71. The lowest BCUT2D eigenvalue weighted by atomic mass is 10.0. The standard InChI is InChI=1S/C18H16N4O/c1-13(22-18(23)16-6-8-19-9-7-16)14-2-4-15(5-3-14)17-10-20-12-21-11-17/h2-13H,1H3,(H,22,23). The van der Waals surface area contributed by atoms with Crippen LogP contribution in [0.1, 0.15) is 28.9 Å². The molecular weight excluding hydrogens is 288 g/mol. The molecular formula is C18H16N4O. The van der Waals surface area contributed by atoms with Crippen LogP contribution in [0.15, 0.2) is 67.5 Å². The van der Waals surface area contributed by atoms with Gasteiger partial charge in [0.25, 0.3) is 5.91 Å². The molecule has 0 saturated carbocycles. The van der Waals surface area contributed by atoms with Gasteiger partial charge >= 0.3 is 0 Å². The van der Waals surface area contributed by atoms with E-state index in [-0.39, 0.29) is 11.9 Å². The summed E-state index contributed by atoms with van der Waals surface area (Å²) in [6.07, 6.45) is 8.27. The Kier molecular flexibility index (Phi) is 4.38. The lowest BCUT2D eigenvalue weighted by molar-refractivity contribution is 0.0940. The zero-order valence-electron chi connectivity index (χ0n) is 12.7. The van der Waals surface area contributed by atoms with Crippen molar-refractivity contribution in [1.29, 1.82) is 0 Å². The Morgan fingerprint density at radius 3 is 2.22 bits per heavy atom. The molecule has 0 radical (unpaired) electrons. The topological polar surface area (TPSA) is 67.8 Å². The van der Waals surface area contributed by atoms with Gasteiger partial charge in [-0.25, -0.2) is 9.97 Å². The van der Waals surface area contributed by atoms with Gasteiger partial charge in [0.2, 0.25) is 0 Å². The number of amides is 1. The molecule has 0 spiro atoms. The zero-order valence-corrected chi connectivity index (χ0v) is 12.7. The van der Waals surface area contributed by atoms with Crippen molar-refractivity contribution >= 4 is 5.91 Å². The maximum atomic E-state index is 12.2. The average molecular weight is 304 g/mol. The number of nitrogens with one attached hydrogen (secondary N) is 1. The largest absolute Gasteiger partial charge is 0.346 e. The molecule has 0 bridgehead atoms. The molecule has 2 aromatic heterocycles. The Bertz CT molecular complexity index is 773. The van der Waals surface area contributed by atoms with E-state index in [0.717, 1.165) is 16.7 Å². The molecule has 1 unspecified atom stereocenters. The molecule has 1 N–H and O–H groups in total. The van der Waals surface area contributed by atoms with E-state index < -0.39 is 0 Å². The highest BCUT2D eigenvalue weighted by atomic mass is 16.1. The summed E-state index contributed by atoms with van der Waals surface area (Å²) in [6, 6.07) is 11.3. The van der Waals surface area contributed by atoms with E-state index in [2.05, 4.69) is 20.3 Å². The first-order valence-corrected chi connectivity index (χ1v) is 7.30. The number of pyridine rings is 1. The van der Waals surface area contributed by atoms with E-state index in [4.69, 9.17) is 0 Å². The average Bonchev–Trinajstić information content (AvgIpc) is 2.63. The molecule has 1 amide bonds. The van der Waals surface area contributed by atoms with Crippen LogP contribution >= 0.6 is 0 Å². The Labute approximate surface area is 134 Å². The molecule has 0 aliphatic heterocycles. The summed E-state index contributed by atoms with van der Waals surface area (Å²) in [4.78, 5) is 24.1. The number of carbonyl (C=O) groups excluding carboxylic acids is 1.